The zero-order chi connectivity index (χ0) is 22.3. The Labute approximate surface area is 197 Å². The van der Waals surface area contributed by atoms with Gasteiger partial charge in [0.05, 0.1) is 4.47 Å². The first kappa shape index (κ1) is 22.1. The summed E-state index contributed by atoms with van der Waals surface area (Å²) in [6.07, 6.45) is 12.1. The average Bonchev–Trinajstić information content (AvgIpc) is 3.66. The number of hydrogen-bond acceptors (Lipinski definition) is 6. The van der Waals surface area contributed by atoms with E-state index in [0.29, 0.717) is 24.3 Å². The summed E-state index contributed by atoms with van der Waals surface area (Å²) < 4.78 is 6.75. The molecule has 0 aliphatic heterocycles. The molecular formula is C25H28BrN5O. The molecular weight excluding hydrogens is 466 g/mol. The summed E-state index contributed by atoms with van der Waals surface area (Å²) >= 11 is 3.54. The minimum Gasteiger partial charge on any atom is -0.489 e. The SMILES string of the molecule is C=C(/C=C(\NC)Nc1nc(NC2=CC(OCc3ccccc3)=CCC2)ncc1Br)C1CC1. The van der Waals surface area contributed by atoms with Crippen LogP contribution in [0.5, 0.6) is 0 Å². The largest absolute Gasteiger partial charge is 0.489 e. The van der Waals surface area contributed by atoms with Gasteiger partial charge in [0.1, 0.15) is 18.2 Å². The lowest BCUT2D eigenvalue weighted by atomic mass is 10.1. The fraction of sp³-hybridized carbons (Fsp3) is 0.280. The zero-order valence-electron chi connectivity index (χ0n) is 18.2. The molecule has 3 N–H and O–H groups in total. The number of ether oxygens (including phenoxy) is 1. The van der Waals surface area contributed by atoms with Gasteiger partial charge in [-0.3, -0.25) is 0 Å². The minimum atomic E-state index is 0.530. The van der Waals surface area contributed by atoms with Crippen molar-refractivity contribution in [2.24, 2.45) is 5.92 Å². The summed E-state index contributed by atoms with van der Waals surface area (Å²) in [5.74, 6) is 3.53. The van der Waals surface area contributed by atoms with E-state index in [4.69, 9.17) is 4.74 Å². The lowest BCUT2D eigenvalue weighted by Crippen LogP contribution is -2.17. The number of anilines is 2. The molecule has 0 atom stereocenters. The predicted molar refractivity (Wildman–Crippen MR) is 133 cm³/mol. The average molecular weight is 494 g/mol. The molecule has 1 aromatic heterocycles. The monoisotopic (exact) mass is 493 g/mol. The van der Waals surface area contributed by atoms with Gasteiger partial charge in [-0.2, -0.15) is 4.98 Å². The molecule has 1 fully saturated rings. The van der Waals surface area contributed by atoms with Gasteiger partial charge in [0.25, 0.3) is 0 Å². The van der Waals surface area contributed by atoms with Crippen LogP contribution in [-0.4, -0.2) is 17.0 Å². The zero-order valence-corrected chi connectivity index (χ0v) is 19.8. The Kier molecular flexibility index (Phi) is 7.27. The molecule has 6 nitrogen and oxygen atoms in total. The van der Waals surface area contributed by atoms with E-state index in [9.17, 15) is 0 Å². The van der Waals surface area contributed by atoms with E-state index in [2.05, 4.69) is 66.6 Å². The molecule has 2 aliphatic rings. The molecule has 1 aromatic carbocycles. The Bertz CT molecular complexity index is 1060. The van der Waals surface area contributed by atoms with Crippen molar-refractivity contribution in [1.29, 1.82) is 0 Å². The maximum atomic E-state index is 5.97. The molecule has 166 valence electrons. The number of aromatic nitrogens is 2. The molecule has 32 heavy (non-hydrogen) atoms. The number of nitrogens with one attached hydrogen (secondary N) is 3. The van der Waals surface area contributed by atoms with Crippen LogP contribution >= 0.6 is 15.9 Å². The first-order valence-electron chi connectivity index (χ1n) is 10.8. The number of hydrogen-bond donors (Lipinski definition) is 3. The van der Waals surface area contributed by atoms with Gasteiger partial charge < -0.3 is 20.7 Å². The van der Waals surface area contributed by atoms with Crippen LogP contribution in [0.25, 0.3) is 0 Å². The van der Waals surface area contributed by atoms with Gasteiger partial charge in [0, 0.05) is 18.9 Å². The van der Waals surface area contributed by atoms with E-state index in [-0.39, 0.29) is 0 Å². The van der Waals surface area contributed by atoms with Crippen molar-refractivity contribution in [3.8, 4) is 0 Å². The minimum absolute atomic E-state index is 0.530. The molecule has 0 unspecified atom stereocenters. The highest BCUT2D eigenvalue weighted by atomic mass is 79.9. The van der Waals surface area contributed by atoms with Crippen LogP contribution in [0.4, 0.5) is 11.8 Å². The lowest BCUT2D eigenvalue weighted by Gasteiger charge is -2.17. The molecule has 4 rings (SSSR count). The summed E-state index contributed by atoms with van der Waals surface area (Å²) in [6, 6.07) is 10.2. The van der Waals surface area contributed by atoms with E-state index in [0.717, 1.165) is 45.7 Å². The normalized spacial score (nSPS) is 16.0. The quantitative estimate of drug-likeness (QED) is 0.359. The van der Waals surface area contributed by atoms with Crippen LogP contribution in [0.1, 0.15) is 31.2 Å². The highest BCUT2D eigenvalue weighted by molar-refractivity contribution is 9.10. The van der Waals surface area contributed by atoms with Gasteiger partial charge in [0.2, 0.25) is 5.95 Å². The second kappa shape index (κ2) is 10.5. The third kappa shape index (κ3) is 6.23. The van der Waals surface area contributed by atoms with Crippen molar-refractivity contribution in [3.05, 3.63) is 94.2 Å². The molecule has 7 heteroatoms. The van der Waals surface area contributed by atoms with E-state index in [1.807, 2.05) is 37.4 Å². The fourth-order valence-corrected chi connectivity index (χ4v) is 3.62. The number of allylic oxidation sites excluding steroid dienone is 5. The number of halogens is 1. The Morgan fingerprint density at radius 1 is 1.28 bits per heavy atom. The second-order valence-corrected chi connectivity index (χ2v) is 8.74. The van der Waals surface area contributed by atoms with Crippen molar-refractivity contribution in [3.63, 3.8) is 0 Å². The van der Waals surface area contributed by atoms with Crippen LogP contribution in [-0.2, 0) is 11.3 Å². The summed E-state index contributed by atoms with van der Waals surface area (Å²) in [5, 5.41) is 9.85. The summed E-state index contributed by atoms with van der Waals surface area (Å²) in [6.45, 7) is 4.71. The third-order valence-electron chi connectivity index (χ3n) is 5.29. The third-order valence-corrected chi connectivity index (χ3v) is 5.87. The van der Waals surface area contributed by atoms with E-state index in [1.165, 1.54) is 12.8 Å². The first-order chi connectivity index (χ1) is 15.6. The Hall–Kier alpha value is -3.06. The van der Waals surface area contributed by atoms with Gasteiger partial charge in [-0.15, -0.1) is 0 Å². The van der Waals surface area contributed by atoms with Crippen LogP contribution in [0.2, 0.25) is 0 Å². The van der Waals surface area contributed by atoms with Crippen molar-refractivity contribution >= 4 is 27.7 Å². The highest BCUT2D eigenvalue weighted by Crippen LogP contribution is 2.36. The first-order valence-corrected chi connectivity index (χ1v) is 11.6. The van der Waals surface area contributed by atoms with E-state index < -0.39 is 0 Å². The maximum absolute atomic E-state index is 5.97. The van der Waals surface area contributed by atoms with Gasteiger partial charge >= 0.3 is 0 Å². The molecule has 0 amide bonds. The number of rotatable bonds is 10. The fourth-order valence-electron chi connectivity index (χ4n) is 3.33. The van der Waals surface area contributed by atoms with Crippen LogP contribution in [0.3, 0.4) is 0 Å². The lowest BCUT2D eigenvalue weighted by molar-refractivity contribution is 0.208. The smallest absolute Gasteiger partial charge is 0.228 e. The standard InChI is InChI=1S/C25H28BrN5O/c1-17(19-11-12-19)13-23(27-2)30-24-22(26)15-28-25(31-24)29-20-9-6-10-21(14-20)32-16-18-7-4-3-5-8-18/h3-5,7-8,10,13-15,19,27H,1,6,9,11-12,16H2,2H3,(H2,28,29,30,31)/b23-13+. The van der Waals surface area contributed by atoms with Crippen molar-refractivity contribution < 1.29 is 4.74 Å². The summed E-state index contributed by atoms with van der Waals surface area (Å²) in [5.41, 5.74) is 3.30. The van der Waals surface area contributed by atoms with Gasteiger partial charge in [-0.1, -0.05) is 36.9 Å². The van der Waals surface area contributed by atoms with E-state index in [1.54, 1.807) is 6.20 Å². The summed E-state index contributed by atoms with van der Waals surface area (Å²) in [4.78, 5) is 9.06. The molecule has 0 spiro atoms. The molecule has 1 saturated carbocycles. The predicted octanol–water partition coefficient (Wildman–Crippen LogP) is 5.87. The Morgan fingerprint density at radius 3 is 2.84 bits per heavy atom. The molecule has 2 aromatic rings. The Morgan fingerprint density at radius 2 is 2.09 bits per heavy atom. The van der Waals surface area contributed by atoms with Crippen molar-refractivity contribution in [2.45, 2.75) is 32.3 Å². The molecule has 2 aliphatic carbocycles. The van der Waals surface area contributed by atoms with Crippen LogP contribution in [0.15, 0.2) is 88.7 Å². The Balaban J connectivity index is 1.41. The van der Waals surface area contributed by atoms with Crippen molar-refractivity contribution in [1.82, 2.24) is 15.3 Å². The highest BCUT2D eigenvalue weighted by Gasteiger charge is 2.23. The molecule has 0 saturated heterocycles. The maximum Gasteiger partial charge on any atom is 0.228 e. The molecule has 0 radical (unpaired) electrons. The van der Waals surface area contributed by atoms with Crippen LogP contribution < -0.4 is 16.0 Å². The van der Waals surface area contributed by atoms with Gasteiger partial charge in [0.15, 0.2) is 5.82 Å². The van der Waals surface area contributed by atoms with Gasteiger partial charge in [-0.05, 0) is 76.9 Å². The topological polar surface area (TPSA) is 71.1 Å². The number of benzene rings is 1. The van der Waals surface area contributed by atoms with Crippen LogP contribution in [0, 0.1) is 5.92 Å². The van der Waals surface area contributed by atoms with Gasteiger partial charge in [-0.25, -0.2) is 4.98 Å². The number of nitrogens with zero attached hydrogens (tertiary/aromatic N) is 2. The molecule has 1 heterocycles. The second-order valence-electron chi connectivity index (χ2n) is 7.89. The summed E-state index contributed by atoms with van der Waals surface area (Å²) in [7, 11) is 1.88. The molecule has 0 bridgehead atoms. The van der Waals surface area contributed by atoms with E-state index >= 15 is 0 Å². The van der Waals surface area contributed by atoms with Crippen molar-refractivity contribution in [2.75, 3.05) is 17.7 Å².